The predicted octanol–water partition coefficient (Wildman–Crippen LogP) is 4.85. The first kappa shape index (κ1) is 18.9. The number of thioether (sulfide) groups is 1. The Hall–Kier alpha value is -2.45. The highest BCUT2D eigenvalue weighted by Gasteiger charge is 2.20. The van der Waals surface area contributed by atoms with Gasteiger partial charge in [0.2, 0.25) is 5.89 Å². The van der Waals surface area contributed by atoms with Gasteiger partial charge < -0.3 is 4.52 Å². The summed E-state index contributed by atoms with van der Waals surface area (Å²) in [5.74, 6) is 1.27. The average molecular weight is 413 g/mol. The number of fused-ring (bicyclic) bond motifs is 1. The van der Waals surface area contributed by atoms with Gasteiger partial charge in [0.1, 0.15) is 4.83 Å². The lowest BCUT2D eigenvalue weighted by atomic mass is 10.2. The molecule has 8 heteroatoms. The Morgan fingerprint density at radius 2 is 2.04 bits per heavy atom. The Morgan fingerprint density at radius 1 is 1.25 bits per heavy atom. The van der Waals surface area contributed by atoms with Crippen LogP contribution in [0.2, 0.25) is 0 Å². The van der Waals surface area contributed by atoms with Crippen LogP contribution in [0.15, 0.2) is 50.9 Å². The van der Waals surface area contributed by atoms with Crippen LogP contribution in [0.5, 0.6) is 0 Å². The summed E-state index contributed by atoms with van der Waals surface area (Å²) in [7, 11) is 1.75. The van der Waals surface area contributed by atoms with E-state index in [1.165, 1.54) is 23.1 Å². The molecule has 0 saturated heterocycles. The number of rotatable bonds is 6. The molecule has 0 saturated carbocycles. The molecule has 28 heavy (non-hydrogen) atoms. The van der Waals surface area contributed by atoms with E-state index in [1.54, 1.807) is 11.6 Å². The largest absolute Gasteiger partial charge is 0.338 e. The summed E-state index contributed by atoms with van der Waals surface area (Å²) in [4.78, 5) is 23.8. The van der Waals surface area contributed by atoms with Gasteiger partial charge in [-0.25, -0.2) is 4.98 Å². The van der Waals surface area contributed by atoms with Gasteiger partial charge in [-0.3, -0.25) is 9.36 Å². The second-order valence-corrected chi connectivity index (χ2v) is 8.85. The second kappa shape index (κ2) is 7.89. The Bertz CT molecular complexity index is 1160. The molecular formula is C20H20N4O2S2. The van der Waals surface area contributed by atoms with Gasteiger partial charge >= 0.3 is 0 Å². The number of hydrogen-bond donors (Lipinski definition) is 0. The van der Waals surface area contributed by atoms with Gasteiger partial charge in [0.25, 0.3) is 5.56 Å². The maximum absolute atomic E-state index is 12.9. The molecule has 3 aromatic heterocycles. The van der Waals surface area contributed by atoms with E-state index in [-0.39, 0.29) is 10.8 Å². The number of benzene rings is 1. The third-order valence-electron chi connectivity index (χ3n) is 4.38. The first-order chi connectivity index (χ1) is 13.6. The fourth-order valence-corrected chi connectivity index (χ4v) is 4.85. The van der Waals surface area contributed by atoms with Gasteiger partial charge in [-0.1, -0.05) is 54.2 Å². The van der Waals surface area contributed by atoms with Crippen molar-refractivity contribution in [1.82, 2.24) is 19.7 Å². The summed E-state index contributed by atoms with van der Waals surface area (Å²) in [5, 5.41) is 5.20. The van der Waals surface area contributed by atoms with Crippen molar-refractivity contribution in [2.24, 2.45) is 7.05 Å². The molecule has 0 N–H and O–H groups in total. The molecule has 0 aliphatic rings. The second-order valence-electron chi connectivity index (χ2n) is 6.51. The third-order valence-corrected chi connectivity index (χ3v) is 6.59. The molecule has 0 amide bonds. The summed E-state index contributed by atoms with van der Waals surface area (Å²) in [6.45, 7) is 4.06. The zero-order valence-corrected chi connectivity index (χ0v) is 17.5. The lowest BCUT2D eigenvalue weighted by molar-refractivity contribution is 0.374. The van der Waals surface area contributed by atoms with Gasteiger partial charge in [0.05, 0.1) is 10.6 Å². The summed E-state index contributed by atoms with van der Waals surface area (Å²) in [6.07, 6.45) is 1.76. The molecular weight excluding hydrogens is 392 g/mol. The minimum atomic E-state index is -0.0952. The van der Waals surface area contributed by atoms with Crippen LogP contribution in [0.4, 0.5) is 0 Å². The quantitative estimate of drug-likeness (QED) is 0.333. The molecule has 0 spiro atoms. The number of hydrogen-bond acceptors (Lipinski definition) is 7. The molecule has 0 bridgehead atoms. The minimum absolute atomic E-state index is 0.0460. The van der Waals surface area contributed by atoms with E-state index in [1.807, 2.05) is 43.3 Å². The third kappa shape index (κ3) is 3.62. The number of aryl methyl sites for hydroxylation is 1. The van der Waals surface area contributed by atoms with Crippen LogP contribution in [0, 0.1) is 0 Å². The molecule has 1 aromatic carbocycles. The monoisotopic (exact) mass is 412 g/mol. The fourth-order valence-electron chi connectivity index (χ4n) is 2.86. The number of thiophene rings is 1. The van der Waals surface area contributed by atoms with Crippen molar-refractivity contribution < 1.29 is 4.52 Å². The van der Waals surface area contributed by atoms with Crippen LogP contribution in [0.1, 0.15) is 37.2 Å². The standard InChI is InChI=1S/C20H20N4O2S2/c1-4-8-16-21-17(26-23-16)12(2)27-20-22-18-14(19(25)24(20)3)11-15(28-18)13-9-6-5-7-10-13/h5-7,9-12H,4,8H2,1-3H3/t12-/m0/s1. The summed E-state index contributed by atoms with van der Waals surface area (Å²) >= 11 is 2.98. The van der Waals surface area contributed by atoms with Crippen molar-refractivity contribution in [3.05, 3.63) is 58.5 Å². The summed E-state index contributed by atoms with van der Waals surface area (Å²) in [6, 6.07) is 12.0. The highest BCUT2D eigenvalue weighted by molar-refractivity contribution is 7.99. The van der Waals surface area contributed by atoms with Crippen LogP contribution in [-0.2, 0) is 13.5 Å². The van der Waals surface area contributed by atoms with Crippen molar-refractivity contribution in [3.8, 4) is 10.4 Å². The first-order valence-electron chi connectivity index (χ1n) is 9.12. The van der Waals surface area contributed by atoms with E-state index < -0.39 is 0 Å². The van der Waals surface area contributed by atoms with Gasteiger partial charge in [-0.15, -0.1) is 11.3 Å². The molecule has 0 radical (unpaired) electrons. The van der Waals surface area contributed by atoms with Crippen LogP contribution < -0.4 is 5.56 Å². The molecule has 4 rings (SSSR count). The maximum Gasteiger partial charge on any atom is 0.262 e. The lowest BCUT2D eigenvalue weighted by Crippen LogP contribution is -2.19. The van der Waals surface area contributed by atoms with Crippen molar-refractivity contribution in [1.29, 1.82) is 0 Å². The summed E-state index contributed by atoms with van der Waals surface area (Å²) < 4.78 is 6.97. The highest BCUT2D eigenvalue weighted by Crippen LogP contribution is 2.35. The normalized spacial score (nSPS) is 12.5. The van der Waals surface area contributed by atoms with Gasteiger partial charge in [0.15, 0.2) is 11.0 Å². The van der Waals surface area contributed by atoms with Crippen molar-refractivity contribution in [2.75, 3.05) is 0 Å². The maximum atomic E-state index is 12.9. The molecule has 1 atom stereocenters. The van der Waals surface area contributed by atoms with Crippen LogP contribution in [0.3, 0.4) is 0 Å². The van der Waals surface area contributed by atoms with Crippen LogP contribution in [-0.4, -0.2) is 19.7 Å². The highest BCUT2D eigenvalue weighted by atomic mass is 32.2. The van der Waals surface area contributed by atoms with E-state index in [0.717, 1.165) is 28.1 Å². The molecule has 0 aliphatic carbocycles. The van der Waals surface area contributed by atoms with Crippen LogP contribution in [0.25, 0.3) is 20.7 Å². The van der Waals surface area contributed by atoms with Gasteiger partial charge in [-0.2, -0.15) is 4.98 Å². The van der Waals surface area contributed by atoms with E-state index >= 15 is 0 Å². The van der Waals surface area contributed by atoms with E-state index in [4.69, 9.17) is 9.51 Å². The molecule has 6 nitrogen and oxygen atoms in total. The molecule has 0 aliphatic heterocycles. The van der Waals surface area contributed by atoms with Gasteiger partial charge in [-0.05, 0) is 25.0 Å². The SMILES string of the molecule is CCCc1noc([C@H](C)Sc2nc3sc(-c4ccccc4)cc3c(=O)n2C)n1. The Morgan fingerprint density at radius 3 is 2.79 bits per heavy atom. The molecule has 0 unspecified atom stereocenters. The Kier molecular flexibility index (Phi) is 5.32. The van der Waals surface area contributed by atoms with E-state index in [0.29, 0.717) is 22.3 Å². The number of nitrogens with zero attached hydrogens (tertiary/aromatic N) is 4. The van der Waals surface area contributed by atoms with Crippen molar-refractivity contribution in [2.45, 2.75) is 37.1 Å². The van der Waals surface area contributed by atoms with E-state index in [9.17, 15) is 4.79 Å². The van der Waals surface area contributed by atoms with Crippen LogP contribution >= 0.6 is 23.1 Å². The smallest absolute Gasteiger partial charge is 0.262 e. The first-order valence-corrected chi connectivity index (χ1v) is 10.8. The lowest BCUT2D eigenvalue weighted by Gasteiger charge is -2.09. The summed E-state index contributed by atoms with van der Waals surface area (Å²) in [5.41, 5.74) is 1.04. The van der Waals surface area contributed by atoms with Crippen molar-refractivity contribution in [3.63, 3.8) is 0 Å². The molecule has 4 aromatic rings. The topological polar surface area (TPSA) is 73.8 Å². The zero-order chi connectivity index (χ0) is 19.7. The Labute approximate surface area is 170 Å². The molecule has 3 heterocycles. The fraction of sp³-hybridized carbons (Fsp3) is 0.300. The predicted molar refractivity (Wildman–Crippen MR) is 113 cm³/mol. The van der Waals surface area contributed by atoms with Gasteiger partial charge in [0, 0.05) is 18.3 Å². The minimum Gasteiger partial charge on any atom is -0.338 e. The zero-order valence-electron chi connectivity index (χ0n) is 15.9. The average Bonchev–Trinajstić information content (AvgIpc) is 3.34. The molecule has 0 fully saturated rings. The van der Waals surface area contributed by atoms with E-state index in [2.05, 4.69) is 17.1 Å². The van der Waals surface area contributed by atoms with Crippen molar-refractivity contribution >= 4 is 33.3 Å². The Balaban J connectivity index is 1.67. The molecule has 144 valence electrons. The number of aromatic nitrogens is 4.